The number of amides is 1. The number of aryl methyl sites for hydroxylation is 1. The molecular formula is C20H29NO2. The average Bonchev–Trinajstić information content (AvgIpc) is 2.54. The van der Waals surface area contributed by atoms with E-state index in [-0.39, 0.29) is 12.0 Å². The second-order valence-corrected chi connectivity index (χ2v) is 7.32. The fraction of sp³-hybridized carbons (Fsp3) is 0.650. The lowest BCUT2D eigenvalue weighted by molar-refractivity contribution is -0.142. The van der Waals surface area contributed by atoms with Crippen molar-refractivity contribution in [2.75, 3.05) is 13.1 Å². The van der Waals surface area contributed by atoms with Crippen LogP contribution in [0.5, 0.6) is 0 Å². The largest absolute Gasteiger partial charge is 0.393 e. The summed E-state index contributed by atoms with van der Waals surface area (Å²) in [5, 5.41) is 9.53. The van der Waals surface area contributed by atoms with Gasteiger partial charge < -0.3 is 10.0 Å². The van der Waals surface area contributed by atoms with Crippen molar-refractivity contribution in [3.63, 3.8) is 0 Å². The number of benzene rings is 1. The van der Waals surface area contributed by atoms with Gasteiger partial charge in [-0.25, -0.2) is 0 Å². The molecule has 1 aliphatic heterocycles. The number of rotatable bonds is 6. The predicted molar refractivity (Wildman–Crippen MR) is 92.0 cm³/mol. The van der Waals surface area contributed by atoms with Gasteiger partial charge in [-0.2, -0.15) is 0 Å². The van der Waals surface area contributed by atoms with E-state index in [9.17, 15) is 9.90 Å². The number of aliphatic hydroxyl groups is 1. The molecule has 1 aliphatic carbocycles. The highest BCUT2D eigenvalue weighted by atomic mass is 16.3. The maximum absolute atomic E-state index is 12.4. The third-order valence-corrected chi connectivity index (χ3v) is 5.53. The standard InChI is InChI=1S/C20H29NO2/c22-19-10-12-21(13-11-19)20(23)18-14-17(15-18)9-5-4-8-16-6-2-1-3-7-16/h1-3,6-7,17-19,22H,4-5,8-15H2. The van der Waals surface area contributed by atoms with E-state index in [1.54, 1.807) is 0 Å². The number of hydrogen-bond donors (Lipinski definition) is 1. The number of unbranched alkanes of at least 4 members (excludes halogenated alkanes) is 1. The van der Waals surface area contributed by atoms with Crippen molar-refractivity contribution in [2.45, 2.75) is 57.5 Å². The van der Waals surface area contributed by atoms with Gasteiger partial charge in [-0.1, -0.05) is 43.2 Å². The molecule has 23 heavy (non-hydrogen) atoms. The Morgan fingerprint density at radius 3 is 2.48 bits per heavy atom. The molecule has 0 unspecified atom stereocenters. The molecule has 2 aliphatic rings. The Bertz CT molecular complexity index is 488. The molecule has 1 heterocycles. The normalized spacial score (nSPS) is 25.2. The zero-order valence-corrected chi connectivity index (χ0v) is 14.0. The predicted octanol–water partition coefficient (Wildman–Crippen LogP) is 3.41. The Kier molecular flexibility index (Phi) is 5.71. The summed E-state index contributed by atoms with van der Waals surface area (Å²) in [5.74, 6) is 1.37. The summed E-state index contributed by atoms with van der Waals surface area (Å²) in [7, 11) is 0. The van der Waals surface area contributed by atoms with Crippen LogP contribution in [0.1, 0.15) is 50.5 Å². The van der Waals surface area contributed by atoms with Crippen LogP contribution in [0.4, 0.5) is 0 Å². The Morgan fingerprint density at radius 2 is 1.78 bits per heavy atom. The molecule has 0 atom stereocenters. The summed E-state index contributed by atoms with van der Waals surface area (Å²) >= 11 is 0. The van der Waals surface area contributed by atoms with E-state index in [2.05, 4.69) is 30.3 Å². The van der Waals surface area contributed by atoms with E-state index in [4.69, 9.17) is 0 Å². The van der Waals surface area contributed by atoms with Gasteiger partial charge in [0.1, 0.15) is 0 Å². The van der Waals surface area contributed by atoms with E-state index < -0.39 is 0 Å². The van der Waals surface area contributed by atoms with Gasteiger partial charge in [0.2, 0.25) is 5.91 Å². The van der Waals surface area contributed by atoms with Gasteiger partial charge in [0, 0.05) is 19.0 Å². The van der Waals surface area contributed by atoms with Crippen molar-refractivity contribution in [1.82, 2.24) is 4.90 Å². The summed E-state index contributed by atoms with van der Waals surface area (Å²) in [5.41, 5.74) is 1.43. The highest BCUT2D eigenvalue weighted by Gasteiger charge is 2.37. The number of carbonyl (C=O) groups is 1. The van der Waals surface area contributed by atoms with Gasteiger partial charge in [-0.15, -0.1) is 0 Å². The fourth-order valence-corrected chi connectivity index (χ4v) is 3.92. The van der Waals surface area contributed by atoms with Crippen LogP contribution in [0.3, 0.4) is 0 Å². The first kappa shape index (κ1) is 16.5. The monoisotopic (exact) mass is 315 g/mol. The van der Waals surface area contributed by atoms with Crippen LogP contribution in [-0.2, 0) is 11.2 Å². The second-order valence-electron chi connectivity index (χ2n) is 7.32. The van der Waals surface area contributed by atoms with Crippen LogP contribution in [0, 0.1) is 11.8 Å². The van der Waals surface area contributed by atoms with Crippen molar-refractivity contribution < 1.29 is 9.90 Å². The summed E-state index contributed by atoms with van der Waals surface area (Å²) in [6.45, 7) is 1.50. The third-order valence-electron chi connectivity index (χ3n) is 5.53. The van der Waals surface area contributed by atoms with E-state index in [1.165, 1.54) is 31.2 Å². The first-order chi connectivity index (χ1) is 11.2. The molecule has 3 heteroatoms. The molecule has 0 spiro atoms. The Labute approximate surface area is 139 Å². The molecule has 2 fully saturated rings. The quantitative estimate of drug-likeness (QED) is 0.817. The van der Waals surface area contributed by atoms with Gasteiger partial charge in [-0.05, 0) is 50.0 Å². The summed E-state index contributed by atoms with van der Waals surface area (Å²) in [6, 6.07) is 10.7. The van der Waals surface area contributed by atoms with Crippen molar-refractivity contribution in [3.05, 3.63) is 35.9 Å². The van der Waals surface area contributed by atoms with Gasteiger partial charge in [-0.3, -0.25) is 4.79 Å². The Balaban J connectivity index is 1.28. The minimum absolute atomic E-state index is 0.196. The van der Waals surface area contributed by atoms with Gasteiger partial charge in [0.05, 0.1) is 6.10 Å². The highest BCUT2D eigenvalue weighted by molar-refractivity contribution is 5.79. The van der Waals surface area contributed by atoms with Crippen LogP contribution < -0.4 is 0 Å². The lowest BCUT2D eigenvalue weighted by Gasteiger charge is -2.39. The van der Waals surface area contributed by atoms with Crippen LogP contribution in [0.25, 0.3) is 0 Å². The van der Waals surface area contributed by atoms with E-state index in [0.717, 1.165) is 44.7 Å². The molecule has 1 N–H and O–H groups in total. The van der Waals surface area contributed by atoms with E-state index in [1.807, 2.05) is 4.90 Å². The van der Waals surface area contributed by atoms with Crippen molar-refractivity contribution in [3.8, 4) is 0 Å². The zero-order valence-electron chi connectivity index (χ0n) is 14.0. The number of hydrogen-bond acceptors (Lipinski definition) is 2. The fourth-order valence-electron chi connectivity index (χ4n) is 3.92. The molecule has 126 valence electrons. The van der Waals surface area contributed by atoms with E-state index in [0.29, 0.717) is 5.91 Å². The molecule has 1 amide bonds. The summed E-state index contributed by atoms with van der Waals surface area (Å²) in [6.07, 6.45) is 8.45. The average molecular weight is 315 g/mol. The number of carbonyl (C=O) groups excluding carboxylic acids is 1. The molecular weight excluding hydrogens is 286 g/mol. The van der Waals surface area contributed by atoms with Gasteiger partial charge >= 0.3 is 0 Å². The second kappa shape index (κ2) is 7.96. The van der Waals surface area contributed by atoms with Crippen LogP contribution in [-0.4, -0.2) is 35.1 Å². The first-order valence-corrected chi connectivity index (χ1v) is 9.23. The van der Waals surface area contributed by atoms with Crippen molar-refractivity contribution in [1.29, 1.82) is 0 Å². The molecule has 0 bridgehead atoms. The summed E-state index contributed by atoms with van der Waals surface area (Å²) in [4.78, 5) is 14.4. The molecule has 1 saturated heterocycles. The SMILES string of the molecule is O=C(C1CC(CCCCc2ccccc2)C1)N1CCC(O)CC1. The van der Waals surface area contributed by atoms with Crippen LogP contribution >= 0.6 is 0 Å². The Hall–Kier alpha value is -1.35. The van der Waals surface area contributed by atoms with Crippen molar-refractivity contribution >= 4 is 5.91 Å². The topological polar surface area (TPSA) is 40.5 Å². The molecule has 3 rings (SSSR count). The number of piperidine rings is 1. The number of aliphatic hydroxyl groups excluding tert-OH is 1. The van der Waals surface area contributed by atoms with E-state index >= 15 is 0 Å². The lowest BCUT2D eigenvalue weighted by Crippen LogP contribution is -2.46. The maximum Gasteiger partial charge on any atom is 0.225 e. The van der Waals surface area contributed by atoms with Crippen LogP contribution in [0.2, 0.25) is 0 Å². The number of likely N-dealkylation sites (tertiary alicyclic amines) is 1. The minimum Gasteiger partial charge on any atom is -0.393 e. The van der Waals surface area contributed by atoms with Crippen LogP contribution in [0.15, 0.2) is 30.3 Å². The molecule has 1 aromatic rings. The van der Waals surface area contributed by atoms with Gasteiger partial charge in [0.25, 0.3) is 0 Å². The lowest BCUT2D eigenvalue weighted by atomic mass is 9.71. The molecule has 0 aromatic heterocycles. The molecule has 3 nitrogen and oxygen atoms in total. The van der Waals surface area contributed by atoms with Crippen molar-refractivity contribution in [2.24, 2.45) is 11.8 Å². The zero-order chi connectivity index (χ0) is 16.1. The third kappa shape index (κ3) is 4.57. The first-order valence-electron chi connectivity index (χ1n) is 9.23. The Morgan fingerprint density at radius 1 is 1.09 bits per heavy atom. The highest BCUT2D eigenvalue weighted by Crippen LogP contribution is 2.38. The summed E-state index contributed by atoms with van der Waals surface area (Å²) < 4.78 is 0. The smallest absolute Gasteiger partial charge is 0.225 e. The minimum atomic E-state index is -0.196. The van der Waals surface area contributed by atoms with Gasteiger partial charge in [0.15, 0.2) is 0 Å². The number of nitrogens with zero attached hydrogens (tertiary/aromatic N) is 1. The molecule has 0 radical (unpaired) electrons. The molecule has 1 aromatic carbocycles. The molecule has 1 saturated carbocycles. The maximum atomic E-state index is 12.4.